The molecular weight excluding hydrogens is 172 g/mol. The van der Waals surface area contributed by atoms with Gasteiger partial charge in [-0.15, -0.1) is 0 Å². The Labute approximate surface area is 84.7 Å². The summed E-state index contributed by atoms with van der Waals surface area (Å²) in [5, 5.41) is 3.48. The highest BCUT2D eigenvalue weighted by molar-refractivity contribution is 5.18. The van der Waals surface area contributed by atoms with Crippen LogP contribution in [0.2, 0.25) is 0 Å². The highest BCUT2D eigenvalue weighted by Gasteiger charge is 2.37. The molecule has 0 bridgehead atoms. The minimum Gasteiger partial charge on any atom is -0.316 e. The quantitative estimate of drug-likeness (QED) is 0.727. The fraction of sp³-hybridized carbons (Fsp3) is 0.583. The zero-order valence-electron chi connectivity index (χ0n) is 8.32. The lowest BCUT2D eigenvalue weighted by Gasteiger charge is -2.10. The third kappa shape index (κ3) is 1.34. The zero-order valence-corrected chi connectivity index (χ0v) is 8.32. The Bertz CT molecular complexity index is 297. The number of aromatic nitrogens is 1. The van der Waals surface area contributed by atoms with Crippen LogP contribution in [0.15, 0.2) is 24.5 Å². The van der Waals surface area contributed by atoms with Crippen LogP contribution in [0.25, 0.3) is 0 Å². The van der Waals surface area contributed by atoms with Crippen molar-refractivity contribution in [3.05, 3.63) is 30.1 Å². The topological polar surface area (TPSA) is 24.9 Å². The van der Waals surface area contributed by atoms with E-state index in [4.69, 9.17) is 0 Å². The fourth-order valence-electron chi connectivity index (χ4n) is 3.07. The SMILES string of the molecule is c1cc(C2C[C@H]3CNC[C@H]3C2)ccn1. The van der Waals surface area contributed by atoms with Gasteiger partial charge in [0.05, 0.1) is 0 Å². The number of pyridine rings is 1. The van der Waals surface area contributed by atoms with Gasteiger partial charge in [0.25, 0.3) is 0 Å². The minimum absolute atomic E-state index is 0.801. The predicted octanol–water partition coefficient (Wildman–Crippen LogP) is 1.79. The molecule has 1 saturated carbocycles. The molecule has 74 valence electrons. The molecule has 14 heavy (non-hydrogen) atoms. The summed E-state index contributed by atoms with van der Waals surface area (Å²) >= 11 is 0. The molecule has 1 aliphatic heterocycles. The normalized spacial score (nSPS) is 35.9. The van der Waals surface area contributed by atoms with Gasteiger partial charge < -0.3 is 5.32 Å². The largest absolute Gasteiger partial charge is 0.316 e. The van der Waals surface area contributed by atoms with Gasteiger partial charge in [-0.3, -0.25) is 4.98 Å². The summed E-state index contributed by atoms with van der Waals surface area (Å²) in [4.78, 5) is 4.08. The van der Waals surface area contributed by atoms with E-state index in [1.165, 1.54) is 31.5 Å². The van der Waals surface area contributed by atoms with E-state index >= 15 is 0 Å². The lowest BCUT2D eigenvalue weighted by atomic mass is 9.97. The van der Waals surface area contributed by atoms with Crippen LogP contribution in [0.1, 0.15) is 24.3 Å². The summed E-state index contributed by atoms with van der Waals surface area (Å²) in [6, 6.07) is 4.36. The van der Waals surface area contributed by atoms with Crippen LogP contribution in [0, 0.1) is 11.8 Å². The molecule has 2 heteroatoms. The second-order valence-electron chi connectivity index (χ2n) is 4.63. The molecule has 2 fully saturated rings. The van der Waals surface area contributed by atoms with Gasteiger partial charge >= 0.3 is 0 Å². The molecular formula is C12H16N2. The van der Waals surface area contributed by atoms with Crippen molar-refractivity contribution in [2.24, 2.45) is 11.8 Å². The van der Waals surface area contributed by atoms with Gasteiger partial charge in [-0.1, -0.05) is 0 Å². The van der Waals surface area contributed by atoms with Crippen LogP contribution in [0.5, 0.6) is 0 Å². The van der Waals surface area contributed by atoms with E-state index in [9.17, 15) is 0 Å². The molecule has 1 N–H and O–H groups in total. The van der Waals surface area contributed by atoms with E-state index in [2.05, 4.69) is 22.4 Å². The highest BCUT2D eigenvalue weighted by atomic mass is 14.9. The van der Waals surface area contributed by atoms with Gasteiger partial charge in [-0.05, 0) is 61.4 Å². The fourth-order valence-corrected chi connectivity index (χ4v) is 3.07. The number of nitrogens with one attached hydrogen (secondary N) is 1. The molecule has 2 heterocycles. The van der Waals surface area contributed by atoms with Crippen LogP contribution >= 0.6 is 0 Å². The maximum atomic E-state index is 4.08. The molecule has 0 aromatic carbocycles. The molecule has 0 spiro atoms. The average Bonchev–Trinajstić information content (AvgIpc) is 2.78. The predicted molar refractivity (Wildman–Crippen MR) is 56.1 cm³/mol. The Morgan fingerprint density at radius 2 is 1.71 bits per heavy atom. The van der Waals surface area contributed by atoms with Crippen molar-refractivity contribution in [1.82, 2.24) is 10.3 Å². The minimum atomic E-state index is 0.801. The second kappa shape index (κ2) is 3.35. The lowest BCUT2D eigenvalue weighted by Crippen LogP contribution is -2.11. The molecule has 3 atom stereocenters. The molecule has 2 aliphatic rings. The summed E-state index contributed by atoms with van der Waals surface area (Å²) in [7, 11) is 0. The Morgan fingerprint density at radius 3 is 2.36 bits per heavy atom. The Hall–Kier alpha value is -0.890. The first-order valence-corrected chi connectivity index (χ1v) is 5.54. The van der Waals surface area contributed by atoms with Gasteiger partial charge in [0.2, 0.25) is 0 Å². The van der Waals surface area contributed by atoms with E-state index in [0.717, 1.165) is 17.8 Å². The summed E-state index contributed by atoms with van der Waals surface area (Å²) in [6.45, 7) is 2.48. The van der Waals surface area contributed by atoms with E-state index in [1.807, 2.05) is 12.4 Å². The molecule has 1 saturated heterocycles. The van der Waals surface area contributed by atoms with Crippen molar-refractivity contribution in [3.63, 3.8) is 0 Å². The monoisotopic (exact) mass is 188 g/mol. The number of hydrogen-bond donors (Lipinski definition) is 1. The van der Waals surface area contributed by atoms with Crippen LogP contribution in [0.4, 0.5) is 0 Å². The molecule has 0 radical (unpaired) electrons. The molecule has 3 rings (SSSR count). The van der Waals surface area contributed by atoms with E-state index in [-0.39, 0.29) is 0 Å². The van der Waals surface area contributed by atoms with E-state index in [0.29, 0.717) is 0 Å². The molecule has 0 amide bonds. The van der Waals surface area contributed by atoms with Crippen molar-refractivity contribution < 1.29 is 0 Å². The van der Waals surface area contributed by atoms with Crippen LogP contribution < -0.4 is 5.32 Å². The highest BCUT2D eigenvalue weighted by Crippen LogP contribution is 2.43. The summed E-state index contributed by atoms with van der Waals surface area (Å²) in [5.74, 6) is 2.68. The summed E-state index contributed by atoms with van der Waals surface area (Å²) in [6.07, 6.45) is 6.59. The van der Waals surface area contributed by atoms with Crippen molar-refractivity contribution in [2.45, 2.75) is 18.8 Å². The molecule has 1 aromatic heterocycles. The van der Waals surface area contributed by atoms with E-state index in [1.54, 1.807) is 0 Å². The number of fused-ring (bicyclic) bond motifs is 1. The first-order valence-electron chi connectivity index (χ1n) is 5.54. The van der Waals surface area contributed by atoms with E-state index < -0.39 is 0 Å². The average molecular weight is 188 g/mol. The van der Waals surface area contributed by atoms with Gasteiger partial charge in [-0.25, -0.2) is 0 Å². The van der Waals surface area contributed by atoms with Crippen molar-refractivity contribution in [3.8, 4) is 0 Å². The molecule has 1 aliphatic carbocycles. The maximum absolute atomic E-state index is 4.08. The van der Waals surface area contributed by atoms with Crippen molar-refractivity contribution in [1.29, 1.82) is 0 Å². The third-order valence-electron chi connectivity index (χ3n) is 3.83. The first kappa shape index (κ1) is 8.42. The van der Waals surface area contributed by atoms with Gasteiger partial charge in [0.15, 0.2) is 0 Å². The molecule has 1 unspecified atom stereocenters. The lowest BCUT2D eigenvalue weighted by molar-refractivity contribution is 0.494. The summed E-state index contributed by atoms with van der Waals surface area (Å²) < 4.78 is 0. The molecule has 2 nitrogen and oxygen atoms in total. The number of rotatable bonds is 1. The molecule has 1 aromatic rings. The van der Waals surface area contributed by atoms with Crippen LogP contribution in [-0.2, 0) is 0 Å². The first-order chi connectivity index (χ1) is 6.93. The second-order valence-corrected chi connectivity index (χ2v) is 4.63. The zero-order chi connectivity index (χ0) is 9.38. The number of nitrogens with zero attached hydrogens (tertiary/aromatic N) is 1. The Kier molecular flexibility index (Phi) is 2.02. The van der Waals surface area contributed by atoms with Crippen molar-refractivity contribution in [2.75, 3.05) is 13.1 Å². The third-order valence-corrected chi connectivity index (χ3v) is 3.83. The Morgan fingerprint density at radius 1 is 1.07 bits per heavy atom. The van der Waals surface area contributed by atoms with Crippen LogP contribution in [0.3, 0.4) is 0 Å². The number of hydrogen-bond acceptors (Lipinski definition) is 2. The van der Waals surface area contributed by atoms with Gasteiger partial charge in [0, 0.05) is 12.4 Å². The Balaban J connectivity index is 1.77. The smallest absolute Gasteiger partial charge is 0.0270 e. The van der Waals surface area contributed by atoms with Crippen LogP contribution in [-0.4, -0.2) is 18.1 Å². The van der Waals surface area contributed by atoms with Crippen molar-refractivity contribution >= 4 is 0 Å². The standard InChI is InChI=1S/C12H16N2/c1-3-13-4-2-9(1)10-5-11-7-14-8-12(11)6-10/h1-4,10-12,14H,5-8H2/t10?,11-,12+. The van der Waals surface area contributed by atoms with Gasteiger partial charge in [0.1, 0.15) is 0 Å². The maximum Gasteiger partial charge on any atom is 0.0270 e. The van der Waals surface area contributed by atoms with Gasteiger partial charge in [-0.2, -0.15) is 0 Å². The summed E-state index contributed by atoms with van der Waals surface area (Å²) in [5.41, 5.74) is 1.49.